The Hall–Kier alpha value is -1.63. The first-order valence-corrected chi connectivity index (χ1v) is 7.74. The summed E-state index contributed by atoms with van der Waals surface area (Å²) in [7, 11) is 0. The second kappa shape index (κ2) is 5.40. The van der Waals surface area contributed by atoms with Crippen LogP contribution in [0.25, 0.3) is 0 Å². The molecule has 4 N–H and O–H groups in total. The molecule has 0 saturated heterocycles. The zero-order valence-corrected chi connectivity index (χ0v) is 12.0. The third kappa shape index (κ3) is 3.09. The Bertz CT molecular complexity index is 489. The highest BCUT2D eigenvalue weighted by Gasteiger charge is 2.26. The molecule has 2 amide bonds. The van der Waals surface area contributed by atoms with Crippen molar-refractivity contribution in [2.75, 3.05) is 18.8 Å². The van der Waals surface area contributed by atoms with E-state index < -0.39 is 0 Å². The van der Waals surface area contributed by atoms with Gasteiger partial charge in [-0.25, -0.2) is 0 Å². The average molecular weight is 294 g/mol. The van der Waals surface area contributed by atoms with E-state index >= 15 is 0 Å². The van der Waals surface area contributed by atoms with E-state index in [1.54, 1.807) is 0 Å². The molecule has 2 fully saturated rings. The second-order valence-corrected chi connectivity index (χ2v) is 6.35. The van der Waals surface area contributed by atoms with Gasteiger partial charge < -0.3 is 16.4 Å². The maximum atomic E-state index is 12.0. The summed E-state index contributed by atoms with van der Waals surface area (Å²) in [5.74, 6) is 0.689. The van der Waals surface area contributed by atoms with Crippen molar-refractivity contribution >= 4 is 29.0 Å². The van der Waals surface area contributed by atoms with Crippen molar-refractivity contribution < 1.29 is 9.59 Å². The first kappa shape index (κ1) is 13.4. The molecule has 7 heteroatoms. The predicted octanol–water partition coefficient (Wildman–Crippen LogP) is 1.00. The molecule has 20 heavy (non-hydrogen) atoms. The van der Waals surface area contributed by atoms with Gasteiger partial charge in [0.1, 0.15) is 4.88 Å². The third-order valence-electron chi connectivity index (χ3n) is 3.65. The van der Waals surface area contributed by atoms with Gasteiger partial charge in [-0.05, 0) is 49.1 Å². The molecule has 1 heterocycles. The lowest BCUT2D eigenvalue weighted by Gasteiger charge is -2.04. The summed E-state index contributed by atoms with van der Waals surface area (Å²) in [6, 6.07) is 0. The minimum atomic E-state index is -0.285. The van der Waals surface area contributed by atoms with Gasteiger partial charge in [0, 0.05) is 13.1 Å². The fourth-order valence-electron chi connectivity index (χ4n) is 1.91. The number of anilines is 1. The summed E-state index contributed by atoms with van der Waals surface area (Å²) in [5, 5.41) is 5.64. The summed E-state index contributed by atoms with van der Waals surface area (Å²) in [4.78, 5) is 24.2. The lowest BCUT2D eigenvalue weighted by atomic mass is 10.2. The smallest absolute Gasteiger partial charge is 0.273 e. The largest absolute Gasteiger partial charge is 0.395 e. The molecular formula is C13H18N4O2S. The maximum Gasteiger partial charge on any atom is 0.273 e. The number of aromatic nitrogens is 1. The number of hydrogen-bond acceptors (Lipinski definition) is 5. The summed E-state index contributed by atoms with van der Waals surface area (Å²) in [5.41, 5.74) is 6.24. The van der Waals surface area contributed by atoms with Gasteiger partial charge in [0.25, 0.3) is 11.8 Å². The van der Waals surface area contributed by atoms with E-state index in [-0.39, 0.29) is 23.2 Å². The summed E-state index contributed by atoms with van der Waals surface area (Å²) in [6.45, 7) is 1.35. The molecule has 3 rings (SSSR count). The number of hydrogen-bond donors (Lipinski definition) is 3. The van der Waals surface area contributed by atoms with Gasteiger partial charge in [0.15, 0.2) is 5.69 Å². The molecule has 0 atom stereocenters. The zero-order valence-electron chi connectivity index (χ0n) is 11.1. The van der Waals surface area contributed by atoms with Gasteiger partial charge >= 0.3 is 0 Å². The third-order valence-corrected chi connectivity index (χ3v) is 4.51. The summed E-state index contributed by atoms with van der Waals surface area (Å²) in [6.07, 6.45) is 4.68. The minimum Gasteiger partial charge on any atom is -0.395 e. The molecule has 1 aromatic rings. The van der Waals surface area contributed by atoms with Crippen LogP contribution in [-0.2, 0) is 0 Å². The molecule has 0 aliphatic heterocycles. The van der Waals surface area contributed by atoms with Crippen molar-refractivity contribution in [2.45, 2.75) is 25.7 Å². The molecule has 6 nitrogen and oxygen atoms in total. The average Bonchev–Trinajstić information content (AvgIpc) is 3.33. The predicted molar refractivity (Wildman–Crippen MR) is 76.6 cm³/mol. The number of carbonyl (C=O) groups is 2. The molecule has 0 radical (unpaired) electrons. The Morgan fingerprint density at radius 1 is 1.10 bits per heavy atom. The molecule has 0 spiro atoms. The number of nitrogen functional groups attached to an aromatic ring is 1. The Morgan fingerprint density at radius 3 is 2.20 bits per heavy atom. The fourth-order valence-corrected chi connectivity index (χ4v) is 2.62. The van der Waals surface area contributed by atoms with Crippen LogP contribution in [0.5, 0.6) is 0 Å². The fraction of sp³-hybridized carbons (Fsp3) is 0.615. The standard InChI is InChI=1S/C13H18N4O2S/c14-9-10(12(18)15-5-7-1-2-7)17-20-11(9)13(19)16-6-8-3-4-8/h7-8H,1-6,14H2,(H,15,18)(H,16,19). The van der Waals surface area contributed by atoms with Crippen LogP contribution in [0.15, 0.2) is 0 Å². The molecule has 108 valence electrons. The van der Waals surface area contributed by atoms with E-state index in [1.165, 1.54) is 25.7 Å². The van der Waals surface area contributed by atoms with Gasteiger partial charge in [-0.15, -0.1) is 0 Å². The molecule has 0 bridgehead atoms. The lowest BCUT2D eigenvalue weighted by Crippen LogP contribution is -2.27. The lowest BCUT2D eigenvalue weighted by molar-refractivity contribution is 0.0947. The van der Waals surface area contributed by atoms with Gasteiger partial charge in [-0.3, -0.25) is 9.59 Å². The highest BCUT2D eigenvalue weighted by Crippen LogP contribution is 2.29. The van der Waals surface area contributed by atoms with E-state index in [2.05, 4.69) is 15.0 Å². The number of amides is 2. The quantitative estimate of drug-likeness (QED) is 0.729. The molecule has 0 unspecified atom stereocenters. The monoisotopic (exact) mass is 294 g/mol. The van der Waals surface area contributed by atoms with Crippen LogP contribution in [0, 0.1) is 11.8 Å². The zero-order chi connectivity index (χ0) is 14.1. The van der Waals surface area contributed by atoms with Crippen LogP contribution in [-0.4, -0.2) is 29.3 Å². The maximum absolute atomic E-state index is 12.0. The van der Waals surface area contributed by atoms with Gasteiger partial charge in [0.2, 0.25) is 0 Å². The molecule has 0 aromatic carbocycles. The van der Waals surface area contributed by atoms with Crippen molar-refractivity contribution in [1.29, 1.82) is 0 Å². The highest BCUT2D eigenvalue weighted by molar-refractivity contribution is 7.09. The second-order valence-electron chi connectivity index (χ2n) is 5.58. The van der Waals surface area contributed by atoms with Gasteiger partial charge in [-0.1, -0.05) is 0 Å². The first-order valence-electron chi connectivity index (χ1n) is 6.96. The van der Waals surface area contributed by atoms with E-state index in [1.807, 2.05) is 0 Å². The van der Waals surface area contributed by atoms with Gasteiger partial charge in [-0.2, -0.15) is 4.37 Å². The molecule has 2 saturated carbocycles. The number of nitrogens with one attached hydrogen (secondary N) is 2. The minimum absolute atomic E-state index is 0.173. The normalized spacial score (nSPS) is 17.8. The van der Waals surface area contributed by atoms with Crippen molar-refractivity contribution in [3.63, 3.8) is 0 Å². The van der Waals surface area contributed by atoms with Crippen molar-refractivity contribution in [3.8, 4) is 0 Å². The van der Waals surface area contributed by atoms with E-state index in [4.69, 9.17) is 5.73 Å². The van der Waals surface area contributed by atoms with Crippen molar-refractivity contribution in [1.82, 2.24) is 15.0 Å². The molecule has 1 aromatic heterocycles. The van der Waals surface area contributed by atoms with E-state index in [9.17, 15) is 9.59 Å². The number of nitrogens with two attached hydrogens (primary N) is 1. The van der Waals surface area contributed by atoms with Crippen LogP contribution >= 0.6 is 11.5 Å². The summed E-state index contributed by atoms with van der Waals surface area (Å²) >= 11 is 0.987. The van der Waals surface area contributed by atoms with Gasteiger partial charge in [0.05, 0.1) is 5.69 Å². The Balaban J connectivity index is 1.60. The molecular weight excluding hydrogens is 276 g/mol. The Labute approximate surface area is 121 Å². The van der Waals surface area contributed by atoms with Crippen molar-refractivity contribution in [3.05, 3.63) is 10.6 Å². The number of nitrogens with zero attached hydrogens (tertiary/aromatic N) is 1. The van der Waals surface area contributed by atoms with Crippen LogP contribution in [0.2, 0.25) is 0 Å². The van der Waals surface area contributed by atoms with Crippen molar-refractivity contribution in [2.24, 2.45) is 11.8 Å². The molecule has 2 aliphatic rings. The Morgan fingerprint density at radius 2 is 1.65 bits per heavy atom. The van der Waals surface area contributed by atoms with Crippen LogP contribution in [0.1, 0.15) is 45.8 Å². The highest BCUT2D eigenvalue weighted by atomic mass is 32.1. The van der Waals surface area contributed by atoms with E-state index in [0.717, 1.165) is 11.5 Å². The molecule has 2 aliphatic carbocycles. The van der Waals surface area contributed by atoms with Crippen LogP contribution in [0.3, 0.4) is 0 Å². The van der Waals surface area contributed by atoms with Crippen LogP contribution < -0.4 is 16.4 Å². The Kier molecular flexibility index (Phi) is 3.60. The van der Waals surface area contributed by atoms with E-state index in [0.29, 0.717) is 29.8 Å². The van der Waals surface area contributed by atoms with Crippen LogP contribution in [0.4, 0.5) is 5.69 Å². The SMILES string of the molecule is Nc1c(C(=O)NCC2CC2)nsc1C(=O)NCC1CC1. The number of carbonyl (C=O) groups excluding carboxylic acids is 2. The topological polar surface area (TPSA) is 97.1 Å². The summed E-state index contributed by atoms with van der Waals surface area (Å²) < 4.78 is 4.02. The first-order chi connectivity index (χ1) is 9.65. The number of rotatable bonds is 6.